The summed E-state index contributed by atoms with van der Waals surface area (Å²) in [5.74, 6) is -0.696. The Morgan fingerprint density at radius 3 is 2.20 bits per heavy atom. The third-order valence-corrected chi connectivity index (χ3v) is 5.93. The monoisotopic (exact) mass is 515 g/mol. The van der Waals surface area contributed by atoms with Crippen LogP contribution >= 0.6 is 23.2 Å². The number of benzene rings is 3. The summed E-state index contributed by atoms with van der Waals surface area (Å²) in [6, 6.07) is 21.7. The summed E-state index contributed by atoms with van der Waals surface area (Å²) in [6.45, 7) is 2.62. The fourth-order valence-electron chi connectivity index (χ4n) is 3.47. The molecule has 6 nitrogen and oxygen atoms in total. The van der Waals surface area contributed by atoms with Crippen molar-refractivity contribution in [3.8, 4) is 5.75 Å². The van der Waals surface area contributed by atoms with E-state index in [1.807, 2.05) is 30.3 Å². The van der Waals surface area contributed by atoms with E-state index in [0.29, 0.717) is 35.5 Å². The maximum atomic E-state index is 13.1. The van der Waals surface area contributed by atoms with Crippen molar-refractivity contribution in [2.45, 2.75) is 32.5 Å². The second kappa shape index (κ2) is 13.1. The van der Waals surface area contributed by atoms with Gasteiger partial charge in [0.25, 0.3) is 5.91 Å². The predicted molar refractivity (Wildman–Crippen MR) is 136 cm³/mol. The zero-order valence-corrected chi connectivity index (χ0v) is 20.8. The highest BCUT2D eigenvalue weighted by Crippen LogP contribution is 2.20. The van der Waals surface area contributed by atoms with Gasteiger partial charge in [-0.3, -0.25) is 4.79 Å². The van der Waals surface area contributed by atoms with Crippen molar-refractivity contribution in [3.63, 3.8) is 0 Å². The van der Waals surface area contributed by atoms with Crippen LogP contribution in [0, 0.1) is 0 Å². The Hall–Kier alpha value is -3.06. The van der Waals surface area contributed by atoms with Crippen LogP contribution < -0.4 is 4.74 Å². The molecule has 3 aromatic carbocycles. The third-order valence-electron chi connectivity index (χ3n) is 5.31. The van der Waals surface area contributed by atoms with Crippen molar-refractivity contribution in [3.05, 3.63) is 99.5 Å². The van der Waals surface area contributed by atoms with Crippen LogP contribution in [0.4, 0.5) is 0 Å². The van der Waals surface area contributed by atoms with Gasteiger partial charge in [0, 0.05) is 36.2 Å². The van der Waals surface area contributed by atoms with Crippen molar-refractivity contribution in [2.75, 3.05) is 13.2 Å². The molecule has 184 valence electrons. The molecule has 1 N–H and O–H groups in total. The number of aliphatic carboxylic acids is 1. The lowest BCUT2D eigenvalue weighted by atomic mass is 10.1. The van der Waals surface area contributed by atoms with Gasteiger partial charge in [0.05, 0.1) is 0 Å². The van der Waals surface area contributed by atoms with Gasteiger partial charge in [-0.1, -0.05) is 65.7 Å². The number of carbonyl (C=O) groups is 2. The lowest BCUT2D eigenvalue weighted by Gasteiger charge is -2.24. The van der Waals surface area contributed by atoms with Crippen LogP contribution in [-0.2, 0) is 33.8 Å². The van der Waals surface area contributed by atoms with Gasteiger partial charge in [-0.05, 0) is 53.9 Å². The molecule has 0 spiro atoms. The molecule has 0 aromatic heterocycles. The molecule has 1 amide bonds. The number of halogens is 2. The zero-order chi connectivity index (χ0) is 25.2. The van der Waals surface area contributed by atoms with Crippen LogP contribution in [0.5, 0.6) is 5.75 Å². The molecule has 8 heteroatoms. The van der Waals surface area contributed by atoms with E-state index in [0.717, 1.165) is 16.7 Å². The summed E-state index contributed by atoms with van der Waals surface area (Å²) in [4.78, 5) is 26.1. The molecule has 0 saturated carbocycles. The molecular weight excluding hydrogens is 489 g/mol. The van der Waals surface area contributed by atoms with E-state index < -0.39 is 12.1 Å². The summed E-state index contributed by atoms with van der Waals surface area (Å²) in [7, 11) is 0. The quantitative estimate of drug-likeness (QED) is 0.338. The van der Waals surface area contributed by atoms with Crippen LogP contribution in [0.2, 0.25) is 10.0 Å². The second-order valence-electron chi connectivity index (χ2n) is 7.89. The lowest BCUT2D eigenvalue weighted by Crippen LogP contribution is -2.34. The first kappa shape index (κ1) is 26.5. The van der Waals surface area contributed by atoms with Gasteiger partial charge in [0.1, 0.15) is 5.75 Å². The van der Waals surface area contributed by atoms with Crippen LogP contribution in [0.15, 0.2) is 72.8 Å². The maximum Gasteiger partial charge on any atom is 0.333 e. The SMILES string of the molecule is CCO[C@@H](Cc1ccc(OCC(=O)N(Cc2ccc(Cl)cc2)Cc2ccccc2Cl)cc1)C(=O)O. The van der Waals surface area contributed by atoms with Crippen LogP contribution in [0.3, 0.4) is 0 Å². The molecule has 0 aliphatic rings. The molecule has 0 radical (unpaired) electrons. The van der Waals surface area contributed by atoms with E-state index in [9.17, 15) is 14.7 Å². The zero-order valence-electron chi connectivity index (χ0n) is 19.3. The van der Waals surface area contributed by atoms with E-state index >= 15 is 0 Å². The van der Waals surface area contributed by atoms with Crippen molar-refractivity contribution in [2.24, 2.45) is 0 Å². The number of hydrogen-bond acceptors (Lipinski definition) is 4. The Bertz CT molecular complexity index is 1120. The summed E-state index contributed by atoms with van der Waals surface area (Å²) < 4.78 is 11.0. The van der Waals surface area contributed by atoms with Crippen LogP contribution in [0.1, 0.15) is 23.6 Å². The number of carboxylic acid groups (broad SMARTS) is 1. The molecule has 0 saturated heterocycles. The second-order valence-corrected chi connectivity index (χ2v) is 8.73. The number of ether oxygens (including phenoxy) is 2. The minimum Gasteiger partial charge on any atom is -0.484 e. The van der Waals surface area contributed by atoms with E-state index in [2.05, 4.69) is 0 Å². The molecule has 0 aliphatic carbocycles. The first-order chi connectivity index (χ1) is 16.9. The van der Waals surface area contributed by atoms with Crippen molar-refractivity contribution < 1.29 is 24.2 Å². The number of rotatable bonds is 12. The Kier molecular flexibility index (Phi) is 9.97. The minimum absolute atomic E-state index is 0.159. The van der Waals surface area contributed by atoms with Crippen LogP contribution in [-0.4, -0.2) is 41.2 Å². The van der Waals surface area contributed by atoms with Crippen molar-refractivity contribution >= 4 is 35.1 Å². The highest BCUT2D eigenvalue weighted by molar-refractivity contribution is 6.31. The third kappa shape index (κ3) is 8.28. The van der Waals surface area contributed by atoms with Crippen molar-refractivity contribution in [1.82, 2.24) is 4.90 Å². The summed E-state index contributed by atoms with van der Waals surface area (Å²) in [6.07, 6.45) is -0.658. The Balaban J connectivity index is 1.65. The van der Waals surface area contributed by atoms with E-state index in [1.54, 1.807) is 54.3 Å². The molecule has 35 heavy (non-hydrogen) atoms. The molecule has 3 aromatic rings. The van der Waals surface area contributed by atoms with Crippen molar-refractivity contribution in [1.29, 1.82) is 0 Å². The molecule has 0 fully saturated rings. The number of amides is 1. The highest BCUT2D eigenvalue weighted by Gasteiger charge is 2.19. The van der Waals surface area contributed by atoms with Gasteiger partial charge in [0.15, 0.2) is 12.7 Å². The normalized spacial score (nSPS) is 11.6. The fraction of sp³-hybridized carbons (Fsp3) is 0.259. The fourth-order valence-corrected chi connectivity index (χ4v) is 3.79. The average Bonchev–Trinajstić information content (AvgIpc) is 2.85. The average molecular weight is 516 g/mol. The van der Waals surface area contributed by atoms with Gasteiger partial charge < -0.3 is 19.5 Å². The maximum absolute atomic E-state index is 13.1. The van der Waals surface area contributed by atoms with Gasteiger partial charge in [0.2, 0.25) is 0 Å². The van der Waals surface area contributed by atoms with Gasteiger partial charge >= 0.3 is 5.97 Å². The van der Waals surface area contributed by atoms with Gasteiger partial charge in [-0.15, -0.1) is 0 Å². The topological polar surface area (TPSA) is 76.1 Å². The lowest BCUT2D eigenvalue weighted by molar-refractivity contribution is -0.150. The van der Waals surface area contributed by atoms with E-state index in [1.165, 1.54) is 0 Å². The smallest absolute Gasteiger partial charge is 0.333 e. The van der Waals surface area contributed by atoms with Gasteiger partial charge in [-0.25, -0.2) is 4.79 Å². The molecule has 3 rings (SSSR count). The number of hydrogen-bond donors (Lipinski definition) is 1. The number of carboxylic acids is 1. The summed E-state index contributed by atoms with van der Waals surface area (Å²) >= 11 is 12.3. The molecule has 0 bridgehead atoms. The molecule has 0 unspecified atom stereocenters. The molecule has 0 aliphatic heterocycles. The first-order valence-corrected chi connectivity index (χ1v) is 11.9. The largest absolute Gasteiger partial charge is 0.484 e. The number of nitrogens with zero attached hydrogens (tertiary/aromatic N) is 1. The Labute approximate surface area is 215 Å². The Morgan fingerprint density at radius 2 is 1.57 bits per heavy atom. The minimum atomic E-state index is -1.00. The first-order valence-electron chi connectivity index (χ1n) is 11.2. The predicted octanol–water partition coefficient (Wildman–Crippen LogP) is 5.63. The standard InChI is InChI=1S/C27H27Cl2NO5/c1-2-34-25(27(32)33)15-19-9-13-23(14-10-19)35-18-26(31)30(16-20-7-11-22(28)12-8-20)17-21-5-3-4-6-24(21)29/h3-14,25H,2,15-18H2,1H3,(H,32,33)/t25-/m0/s1. The van der Waals surface area contributed by atoms with E-state index in [4.69, 9.17) is 32.7 Å². The summed E-state index contributed by atoms with van der Waals surface area (Å²) in [5.41, 5.74) is 2.57. The summed E-state index contributed by atoms with van der Waals surface area (Å²) in [5, 5.41) is 10.5. The highest BCUT2D eigenvalue weighted by atomic mass is 35.5. The van der Waals surface area contributed by atoms with Crippen LogP contribution in [0.25, 0.3) is 0 Å². The molecule has 0 heterocycles. The van der Waals surface area contributed by atoms with Gasteiger partial charge in [-0.2, -0.15) is 0 Å². The molecule has 1 atom stereocenters. The molecular formula is C27H27Cl2NO5. The number of carbonyl (C=O) groups excluding carboxylic acids is 1. The van der Waals surface area contributed by atoms with E-state index in [-0.39, 0.29) is 18.9 Å². The Morgan fingerprint density at radius 1 is 0.914 bits per heavy atom.